The number of fused-ring (bicyclic) bond motifs is 1. The lowest BCUT2D eigenvalue weighted by atomic mass is 9.91. The van der Waals surface area contributed by atoms with E-state index in [0.717, 1.165) is 12.8 Å². The number of hydrogen-bond acceptors (Lipinski definition) is 0. The van der Waals surface area contributed by atoms with Crippen LogP contribution in [0.5, 0.6) is 0 Å². The van der Waals surface area contributed by atoms with Crippen LogP contribution >= 0.6 is 0 Å². The van der Waals surface area contributed by atoms with Crippen LogP contribution in [0.4, 0.5) is 0 Å². The Morgan fingerprint density at radius 3 is 2.47 bits per heavy atom. The minimum Gasteiger partial charge on any atom is -0.119 e. The van der Waals surface area contributed by atoms with E-state index in [0.29, 0.717) is 0 Å². The average molecular weight is 192 g/mol. The molecule has 0 amide bonds. The van der Waals surface area contributed by atoms with E-state index < -0.39 is 0 Å². The van der Waals surface area contributed by atoms with Crippen molar-refractivity contribution in [2.75, 3.05) is 0 Å². The van der Waals surface area contributed by atoms with Crippen molar-refractivity contribution in [2.24, 2.45) is 0 Å². The lowest BCUT2D eigenvalue weighted by molar-refractivity contribution is 0.944. The first-order valence-corrected chi connectivity index (χ1v) is 5.32. The molecule has 0 heterocycles. The van der Waals surface area contributed by atoms with Crippen molar-refractivity contribution in [3.05, 3.63) is 48.0 Å². The van der Waals surface area contributed by atoms with Crippen molar-refractivity contribution in [1.82, 2.24) is 0 Å². The zero-order valence-corrected chi connectivity index (χ0v) is 8.53. The van der Waals surface area contributed by atoms with Crippen molar-refractivity contribution in [1.29, 1.82) is 0 Å². The third-order valence-corrected chi connectivity index (χ3v) is 3.33. The fourth-order valence-electron chi connectivity index (χ4n) is 2.26. The Balaban J connectivity index is 2.33. The second kappa shape index (κ2) is 2.87. The van der Waals surface area contributed by atoms with E-state index in [1.807, 2.05) is 0 Å². The maximum Gasteiger partial charge on any atom is 0.0567 e. The first-order valence-electron chi connectivity index (χ1n) is 5.32. The van der Waals surface area contributed by atoms with Crippen molar-refractivity contribution in [3.63, 3.8) is 0 Å². The lowest BCUT2D eigenvalue weighted by Gasteiger charge is -2.11. The number of benzene rings is 2. The molecule has 0 aliphatic heterocycles. The van der Waals surface area contributed by atoms with Crippen LogP contribution in [0.1, 0.15) is 18.4 Å². The molecule has 2 aromatic rings. The van der Waals surface area contributed by atoms with Gasteiger partial charge in [-0.2, -0.15) is 0 Å². The molecule has 0 aromatic heterocycles. The molecule has 2 aromatic carbocycles. The summed E-state index contributed by atoms with van der Waals surface area (Å²) in [4.78, 5) is 0. The Morgan fingerprint density at radius 1 is 1.00 bits per heavy atom. The van der Waals surface area contributed by atoms with Crippen LogP contribution in [0.3, 0.4) is 0 Å². The summed E-state index contributed by atoms with van der Waals surface area (Å²) in [6.07, 6.45) is 7.91. The summed E-state index contributed by atoms with van der Waals surface area (Å²) in [5.41, 5.74) is 1.38. The van der Waals surface area contributed by atoms with Gasteiger partial charge in [-0.05, 0) is 29.2 Å². The minimum atomic E-state index is 0.0425. The molecule has 0 radical (unpaired) electrons. The summed E-state index contributed by atoms with van der Waals surface area (Å²) in [6, 6.07) is 14.9. The number of terminal acetylenes is 1. The van der Waals surface area contributed by atoms with Crippen LogP contribution < -0.4 is 0 Å². The van der Waals surface area contributed by atoms with E-state index in [2.05, 4.69) is 48.4 Å². The zero-order valence-electron chi connectivity index (χ0n) is 8.53. The standard InChI is InChI=1S/C15H12/c1-2-15(10-11-15)14-9-5-7-12-6-3-4-8-13(12)14/h1,3-9H,10-11H2. The van der Waals surface area contributed by atoms with Gasteiger partial charge in [-0.15, -0.1) is 6.42 Å². The van der Waals surface area contributed by atoms with Crippen molar-refractivity contribution in [2.45, 2.75) is 18.3 Å². The third-order valence-electron chi connectivity index (χ3n) is 3.33. The molecule has 3 rings (SSSR count). The van der Waals surface area contributed by atoms with Gasteiger partial charge in [0.25, 0.3) is 0 Å². The highest BCUT2D eigenvalue weighted by Gasteiger charge is 2.43. The predicted octanol–water partition coefficient (Wildman–Crippen LogP) is 3.50. The van der Waals surface area contributed by atoms with Crippen molar-refractivity contribution >= 4 is 10.8 Å². The molecule has 1 aliphatic rings. The van der Waals surface area contributed by atoms with Crippen LogP contribution in [0.15, 0.2) is 42.5 Å². The second-order valence-electron chi connectivity index (χ2n) is 4.25. The van der Waals surface area contributed by atoms with E-state index in [9.17, 15) is 0 Å². The van der Waals surface area contributed by atoms with E-state index in [1.54, 1.807) is 0 Å². The zero-order chi connectivity index (χ0) is 10.3. The van der Waals surface area contributed by atoms with Crippen LogP contribution in [0, 0.1) is 12.3 Å². The van der Waals surface area contributed by atoms with Gasteiger partial charge in [-0.3, -0.25) is 0 Å². The van der Waals surface area contributed by atoms with Gasteiger partial charge >= 0.3 is 0 Å². The Hall–Kier alpha value is -1.74. The van der Waals surface area contributed by atoms with Gasteiger partial charge in [0.1, 0.15) is 0 Å². The van der Waals surface area contributed by atoms with Crippen LogP contribution in [0.2, 0.25) is 0 Å². The first-order chi connectivity index (χ1) is 7.36. The predicted molar refractivity (Wildman–Crippen MR) is 63.7 cm³/mol. The molecule has 0 spiro atoms. The van der Waals surface area contributed by atoms with E-state index >= 15 is 0 Å². The van der Waals surface area contributed by atoms with Gasteiger partial charge < -0.3 is 0 Å². The smallest absolute Gasteiger partial charge is 0.0567 e. The van der Waals surface area contributed by atoms with E-state index in [4.69, 9.17) is 6.42 Å². The Labute approximate surface area is 89.9 Å². The molecule has 0 N–H and O–H groups in total. The Kier molecular flexibility index (Phi) is 1.64. The molecule has 72 valence electrons. The molecule has 0 atom stereocenters. The Bertz CT molecular complexity index is 548. The van der Waals surface area contributed by atoms with Crippen molar-refractivity contribution < 1.29 is 0 Å². The summed E-state index contributed by atoms with van der Waals surface area (Å²) < 4.78 is 0. The normalized spacial score (nSPS) is 17.3. The summed E-state index contributed by atoms with van der Waals surface area (Å²) in [6.45, 7) is 0. The molecule has 0 heteroatoms. The van der Waals surface area contributed by atoms with E-state index in [1.165, 1.54) is 16.3 Å². The van der Waals surface area contributed by atoms with Gasteiger partial charge in [-0.25, -0.2) is 0 Å². The quantitative estimate of drug-likeness (QED) is 0.606. The van der Waals surface area contributed by atoms with Gasteiger partial charge in [-0.1, -0.05) is 48.4 Å². The molecule has 0 unspecified atom stereocenters. The summed E-state index contributed by atoms with van der Waals surface area (Å²) in [5, 5.41) is 2.60. The van der Waals surface area contributed by atoms with Gasteiger partial charge in [0.2, 0.25) is 0 Å². The van der Waals surface area contributed by atoms with Crippen LogP contribution in [0.25, 0.3) is 10.8 Å². The summed E-state index contributed by atoms with van der Waals surface area (Å²) >= 11 is 0. The SMILES string of the molecule is C#CC1(c2cccc3ccccc23)CC1. The van der Waals surface area contributed by atoms with Gasteiger partial charge in [0.05, 0.1) is 5.41 Å². The molecule has 1 saturated carbocycles. The second-order valence-corrected chi connectivity index (χ2v) is 4.25. The van der Waals surface area contributed by atoms with Gasteiger partial charge in [0, 0.05) is 0 Å². The topological polar surface area (TPSA) is 0 Å². The fourth-order valence-corrected chi connectivity index (χ4v) is 2.26. The van der Waals surface area contributed by atoms with Gasteiger partial charge in [0.15, 0.2) is 0 Å². The first kappa shape index (κ1) is 8.56. The van der Waals surface area contributed by atoms with Crippen LogP contribution in [-0.2, 0) is 5.41 Å². The largest absolute Gasteiger partial charge is 0.119 e. The molecule has 1 fully saturated rings. The third kappa shape index (κ3) is 1.17. The highest BCUT2D eigenvalue weighted by Crippen LogP contribution is 2.49. The molecular formula is C15H12. The highest BCUT2D eigenvalue weighted by molar-refractivity contribution is 5.87. The molecule has 0 nitrogen and oxygen atoms in total. The monoisotopic (exact) mass is 192 g/mol. The molecule has 15 heavy (non-hydrogen) atoms. The van der Waals surface area contributed by atoms with Crippen LogP contribution in [-0.4, -0.2) is 0 Å². The minimum absolute atomic E-state index is 0.0425. The molecule has 1 aliphatic carbocycles. The molecule has 0 bridgehead atoms. The number of rotatable bonds is 1. The van der Waals surface area contributed by atoms with Crippen molar-refractivity contribution in [3.8, 4) is 12.3 Å². The highest BCUT2D eigenvalue weighted by atomic mass is 14.4. The van der Waals surface area contributed by atoms with E-state index in [-0.39, 0.29) is 5.41 Å². The summed E-state index contributed by atoms with van der Waals surface area (Å²) in [7, 11) is 0. The number of hydrogen-bond donors (Lipinski definition) is 0. The molecule has 0 saturated heterocycles. The maximum absolute atomic E-state index is 5.64. The fraction of sp³-hybridized carbons (Fsp3) is 0.200. The lowest BCUT2D eigenvalue weighted by Crippen LogP contribution is -2.02. The summed E-state index contributed by atoms with van der Waals surface area (Å²) in [5.74, 6) is 2.96. The average Bonchev–Trinajstić information content (AvgIpc) is 3.09. The maximum atomic E-state index is 5.64. The molecular weight excluding hydrogens is 180 g/mol. The Morgan fingerprint density at radius 2 is 1.73 bits per heavy atom.